The Hall–Kier alpha value is -1.87. The number of rotatable bonds is 2. The fourth-order valence-electron chi connectivity index (χ4n) is 1.53. The Balaban J connectivity index is 2.52. The smallest absolute Gasteiger partial charge is 0.417 e. The van der Waals surface area contributed by atoms with E-state index in [1.54, 1.807) is 20.8 Å². The van der Waals surface area contributed by atoms with Crippen molar-refractivity contribution >= 4 is 17.7 Å². The van der Waals surface area contributed by atoms with Gasteiger partial charge in [-0.2, -0.15) is 13.2 Å². The largest absolute Gasteiger partial charge is 0.444 e. The number of amides is 1. The summed E-state index contributed by atoms with van der Waals surface area (Å²) in [5.41, 5.74) is -1.09. The van der Waals surface area contributed by atoms with E-state index < -0.39 is 28.5 Å². The molecule has 1 amide bonds. The first-order valence-electron chi connectivity index (χ1n) is 6.81. The molecule has 3 nitrogen and oxygen atoms in total. The molecule has 0 aromatic heterocycles. The predicted molar refractivity (Wildman–Crippen MR) is 82.2 cm³/mol. The van der Waals surface area contributed by atoms with E-state index in [1.165, 1.54) is 12.1 Å². The Bertz CT molecular complexity index is 625. The van der Waals surface area contributed by atoms with E-state index in [-0.39, 0.29) is 6.54 Å². The van der Waals surface area contributed by atoms with Crippen molar-refractivity contribution in [2.75, 3.05) is 6.54 Å². The number of halogens is 4. The average molecular weight is 348 g/mol. The second-order valence-corrected chi connectivity index (χ2v) is 6.08. The minimum Gasteiger partial charge on any atom is -0.444 e. The number of hydrogen-bond acceptors (Lipinski definition) is 2. The molecule has 0 fully saturated rings. The quantitative estimate of drug-likeness (QED) is 0.626. The van der Waals surface area contributed by atoms with E-state index in [4.69, 9.17) is 16.3 Å². The van der Waals surface area contributed by atoms with Crippen molar-refractivity contribution in [3.63, 3.8) is 0 Å². The van der Waals surface area contributed by atoms with Crippen LogP contribution in [0, 0.1) is 11.8 Å². The van der Waals surface area contributed by atoms with E-state index in [0.29, 0.717) is 12.0 Å². The lowest BCUT2D eigenvalue weighted by atomic mass is 10.1. The van der Waals surface area contributed by atoms with Gasteiger partial charge in [-0.15, -0.1) is 0 Å². The van der Waals surface area contributed by atoms with Crippen LogP contribution in [0.25, 0.3) is 0 Å². The number of hydrogen-bond donors (Lipinski definition) is 1. The van der Waals surface area contributed by atoms with Crippen LogP contribution in [-0.4, -0.2) is 18.2 Å². The SMILES string of the molecule is CC(C)(C)OC(=O)NCCC#Cc1ccc(C(F)(F)F)c(Cl)c1. The molecule has 0 aliphatic carbocycles. The first-order valence-corrected chi connectivity index (χ1v) is 7.19. The molecule has 0 saturated carbocycles. The van der Waals surface area contributed by atoms with Crippen molar-refractivity contribution in [2.24, 2.45) is 0 Å². The normalized spacial score (nSPS) is 11.4. The van der Waals surface area contributed by atoms with E-state index in [0.717, 1.165) is 6.07 Å². The molecule has 1 rings (SSSR count). The van der Waals surface area contributed by atoms with Crippen molar-refractivity contribution in [2.45, 2.75) is 39.0 Å². The number of carbonyl (C=O) groups excluding carboxylic acids is 1. The molecule has 0 unspecified atom stereocenters. The van der Waals surface area contributed by atoms with Crippen molar-refractivity contribution in [3.05, 3.63) is 34.3 Å². The van der Waals surface area contributed by atoms with Gasteiger partial charge in [0.05, 0.1) is 10.6 Å². The summed E-state index contributed by atoms with van der Waals surface area (Å²) in [6, 6.07) is 3.31. The molecular formula is C16H17ClF3NO2. The summed E-state index contributed by atoms with van der Waals surface area (Å²) >= 11 is 5.60. The molecule has 1 aromatic carbocycles. The van der Waals surface area contributed by atoms with E-state index in [9.17, 15) is 18.0 Å². The molecular weight excluding hydrogens is 331 g/mol. The zero-order valence-corrected chi connectivity index (χ0v) is 13.7. The van der Waals surface area contributed by atoms with Gasteiger partial charge >= 0.3 is 12.3 Å². The molecule has 0 saturated heterocycles. The van der Waals surface area contributed by atoms with Crippen molar-refractivity contribution in [3.8, 4) is 11.8 Å². The highest BCUT2D eigenvalue weighted by atomic mass is 35.5. The third kappa shape index (κ3) is 7.29. The Labute approximate surface area is 138 Å². The zero-order valence-electron chi connectivity index (χ0n) is 13.0. The maximum Gasteiger partial charge on any atom is 0.417 e. The van der Waals surface area contributed by atoms with E-state index in [2.05, 4.69) is 17.2 Å². The van der Waals surface area contributed by atoms with Gasteiger partial charge in [-0.05, 0) is 39.0 Å². The van der Waals surface area contributed by atoms with Gasteiger partial charge in [0.25, 0.3) is 0 Å². The number of alkyl carbamates (subject to hydrolysis) is 1. The van der Waals surface area contributed by atoms with Crippen molar-refractivity contribution in [1.29, 1.82) is 0 Å². The third-order valence-electron chi connectivity index (χ3n) is 2.43. The third-order valence-corrected chi connectivity index (χ3v) is 2.74. The topological polar surface area (TPSA) is 38.3 Å². The van der Waals surface area contributed by atoms with Crippen LogP contribution in [0.5, 0.6) is 0 Å². The molecule has 0 radical (unpaired) electrons. The summed E-state index contributed by atoms with van der Waals surface area (Å²) < 4.78 is 42.7. The molecule has 0 aliphatic rings. The van der Waals surface area contributed by atoms with Gasteiger partial charge in [0.1, 0.15) is 5.60 Å². The molecule has 0 heterocycles. The van der Waals surface area contributed by atoms with Gasteiger partial charge in [-0.1, -0.05) is 23.4 Å². The predicted octanol–water partition coefficient (Wildman–Crippen LogP) is 4.63. The summed E-state index contributed by atoms with van der Waals surface area (Å²) in [6.07, 6.45) is -4.70. The summed E-state index contributed by atoms with van der Waals surface area (Å²) in [4.78, 5) is 11.4. The second-order valence-electron chi connectivity index (χ2n) is 5.67. The molecule has 7 heteroatoms. The molecule has 1 aromatic rings. The molecule has 0 bridgehead atoms. The van der Waals surface area contributed by atoms with Crippen LogP contribution in [0.1, 0.15) is 38.3 Å². The highest BCUT2D eigenvalue weighted by Crippen LogP contribution is 2.34. The van der Waals surface area contributed by atoms with Crippen LogP contribution in [0.15, 0.2) is 18.2 Å². The van der Waals surface area contributed by atoms with Crippen LogP contribution in [0.3, 0.4) is 0 Å². The number of ether oxygens (including phenoxy) is 1. The average Bonchev–Trinajstić information content (AvgIpc) is 2.34. The molecule has 0 spiro atoms. The highest BCUT2D eigenvalue weighted by molar-refractivity contribution is 6.31. The molecule has 0 atom stereocenters. The monoisotopic (exact) mass is 347 g/mol. The molecule has 23 heavy (non-hydrogen) atoms. The van der Waals surface area contributed by atoms with Gasteiger partial charge in [0, 0.05) is 18.5 Å². The Kier molecular flexibility index (Phi) is 6.34. The second kappa shape index (κ2) is 7.60. The Morgan fingerprint density at radius 1 is 1.30 bits per heavy atom. The Morgan fingerprint density at radius 2 is 1.96 bits per heavy atom. The van der Waals surface area contributed by atoms with Crippen LogP contribution >= 0.6 is 11.6 Å². The van der Waals surface area contributed by atoms with E-state index >= 15 is 0 Å². The molecule has 1 N–H and O–H groups in total. The minimum atomic E-state index is -4.49. The minimum absolute atomic E-state index is 0.274. The maximum absolute atomic E-state index is 12.6. The lowest BCUT2D eigenvalue weighted by Crippen LogP contribution is -2.32. The molecule has 126 valence electrons. The maximum atomic E-state index is 12.6. The first kappa shape index (κ1) is 19.2. The Morgan fingerprint density at radius 3 is 2.48 bits per heavy atom. The van der Waals surface area contributed by atoms with E-state index in [1.807, 2.05) is 0 Å². The lowest BCUT2D eigenvalue weighted by molar-refractivity contribution is -0.137. The summed E-state index contributed by atoms with van der Waals surface area (Å²) in [6.45, 7) is 5.53. The summed E-state index contributed by atoms with van der Waals surface area (Å²) in [7, 11) is 0. The van der Waals surface area contributed by atoms with Gasteiger partial charge in [0.2, 0.25) is 0 Å². The summed E-state index contributed by atoms with van der Waals surface area (Å²) in [5, 5.41) is 2.13. The van der Waals surface area contributed by atoms with Gasteiger partial charge < -0.3 is 10.1 Å². The number of carbonyl (C=O) groups is 1. The number of benzene rings is 1. The van der Waals surface area contributed by atoms with Crippen molar-refractivity contribution in [1.82, 2.24) is 5.32 Å². The molecule has 0 aliphatic heterocycles. The fraction of sp³-hybridized carbons (Fsp3) is 0.438. The fourth-order valence-corrected chi connectivity index (χ4v) is 1.82. The van der Waals surface area contributed by atoms with Crippen LogP contribution in [0.2, 0.25) is 5.02 Å². The van der Waals surface area contributed by atoms with Crippen LogP contribution in [0.4, 0.5) is 18.0 Å². The highest BCUT2D eigenvalue weighted by Gasteiger charge is 2.32. The van der Waals surface area contributed by atoms with Crippen LogP contribution in [-0.2, 0) is 10.9 Å². The zero-order chi connectivity index (χ0) is 17.7. The number of alkyl halides is 3. The standard InChI is InChI=1S/C16H17ClF3NO2/c1-15(2,3)23-14(22)21-9-5-4-6-11-7-8-12(13(17)10-11)16(18,19)20/h7-8,10H,5,9H2,1-3H3,(H,21,22). The van der Waals surface area contributed by atoms with Crippen molar-refractivity contribution < 1.29 is 22.7 Å². The lowest BCUT2D eigenvalue weighted by Gasteiger charge is -2.19. The first-order chi connectivity index (χ1) is 10.5. The van der Waals surface area contributed by atoms with Gasteiger partial charge in [-0.3, -0.25) is 0 Å². The summed E-state index contributed by atoms with van der Waals surface area (Å²) in [5.74, 6) is 5.44. The van der Waals surface area contributed by atoms with Gasteiger partial charge in [0.15, 0.2) is 0 Å². The van der Waals surface area contributed by atoms with Crippen LogP contribution < -0.4 is 5.32 Å². The van der Waals surface area contributed by atoms with Gasteiger partial charge in [-0.25, -0.2) is 4.79 Å². The number of nitrogens with one attached hydrogen (secondary N) is 1.